The van der Waals surface area contributed by atoms with Crippen LogP contribution in [0, 0.1) is 0 Å². The van der Waals surface area contributed by atoms with Crippen LogP contribution >= 0.6 is 0 Å². The number of rotatable bonds is 7. The molecule has 0 aliphatic rings. The second-order valence-corrected chi connectivity index (χ2v) is 2.81. The van der Waals surface area contributed by atoms with E-state index in [1.165, 1.54) is 0 Å². The van der Waals surface area contributed by atoms with Gasteiger partial charge in [-0.05, 0) is 0 Å². The van der Waals surface area contributed by atoms with Crippen LogP contribution in [0.5, 0.6) is 0 Å². The van der Waals surface area contributed by atoms with Gasteiger partial charge in [-0.1, -0.05) is 0 Å². The van der Waals surface area contributed by atoms with E-state index in [1.54, 1.807) is 0 Å². The van der Waals surface area contributed by atoms with Crippen LogP contribution in [0.3, 0.4) is 0 Å². The first-order valence-corrected chi connectivity index (χ1v) is 3.92. The minimum atomic E-state index is -5.89. The first kappa shape index (κ1) is 15.1. The van der Waals surface area contributed by atoms with Crippen molar-refractivity contribution in [2.45, 2.75) is 24.3 Å². The van der Waals surface area contributed by atoms with Gasteiger partial charge in [-0.2, -0.15) is 26.3 Å². The van der Waals surface area contributed by atoms with Crippen LogP contribution in [0.1, 0.15) is 6.42 Å². The Labute approximate surface area is 85.8 Å². The molecule has 0 fully saturated rings. The maximum Gasteiger partial charge on any atom is 0.388 e. The van der Waals surface area contributed by atoms with Gasteiger partial charge >= 0.3 is 17.9 Å². The molecule has 16 heavy (non-hydrogen) atoms. The molecule has 0 aromatic heterocycles. The quantitative estimate of drug-likeness (QED) is 0.427. The molecule has 1 N–H and O–H groups in total. The van der Waals surface area contributed by atoms with Crippen LogP contribution in [-0.2, 0) is 4.79 Å². The third-order valence-electron chi connectivity index (χ3n) is 1.60. The second kappa shape index (κ2) is 4.98. The van der Waals surface area contributed by atoms with Crippen molar-refractivity contribution >= 4 is 6.29 Å². The van der Waals surface area contributed by atoms with E-state index in [0.29, 0.717) is 0 Å². The lowest BCUT2D eigenvalue weighted by Crippen LogP contribution is -2.61. The van der Waals surface area contributed by atoms with Crippen molar-refractivity contribution in [1.29, 1.82) is 0 Å². The molecule has 0 bridgehead atoms. The van der Waals surface area contributed by atoms with Crippen molar-refractivity contribution in [3.63, 3.8) is 0 Å². The number of carbonyl (C=O) groups excluding carboxylic acids is 1. The third-order valence-corrected chi connectivity index (χ3v) is 1.60. The summed E-state index contributed by atoms with van der Waals surface area (Å²) in [7, 11) is 0. The molecule has 1 radical (unpaired) electrons. The summed E-state index contributed by atoms with van der Waals surface area (Å²) in [6.07, 6.45) is 0.405. The highest BCUT2D eigenvalue weighted by Gasteiger charge is 2.71. The van der Waals surface area contributed by atoms with E-state index in [-0.39, 0.29) is 0 Å². The Morgan fingerprint density at radius 3 is 1.94 bits per heavy atom. The van der Waals surface area contributed by atoms with Gasteiger partial charge in [0, 0.05) is 13.0 Å². The Morgan fingerprint density at radius 1 is 1.06 bits per heavy atom. The predicted octanol–water partition coefficient (Wildman–Crippen LogP) is 1.91. The van der Waals surface area contributed by atoms with Crippen LogP contribution in [0.25, 0.3) is 0 Å². The summed E-state index contributed by atoms with van der Waals surface area (Å²) in [6, 6.07) is -5.32. The molecular formula is C7H7F7NO. The number of alkyl halides is 7. The number of hydrogen-bond donors (Lipinski definition) is 1. The Hall–Kier alpha value is -0.860. The van der Waals surface area contributed by atoms with Gasteiger partial charge in [-0.15, -0.1) is 0 Å². The monoisotopic (exact) mass is 254 g/mol. The molecule has 0 aliphatic carbocycles. The van der Waals surface area contributed by atoms with Crippen molar-refractivity contribution in [2.75, 3.05) is 13.2 Å². The molecule has 0 saturated heterocycles. The zero-order valence-electron chi connectivity index (χ0n) is 7.68. The Morgan fingerprint density at radius 2 is 1.56 bits per heavy atom. The van der Waals surface area contributed by atoms with E-state index >= 15 is 0 Å². The van der Waals surface area contributed by atoms with Crippen molar-refractivity contribution < 1.29 is 35.5 Å². The SMILES string of the molecule is O=[C]CCNC(F)(F)C(F)(F)C(F)(F)CF. The van der Waals surface area contributed by atoms with Gasteiger partial charge in [0.2, 0.25) is 0 Å². The lowest BCUT2D eigenvalue weighted by Gasteiger charge is -2.31. The van der Waals surface area contributed by atoms with Crippen molar-refractivity contribution in [1.82, 2.24) is 5.32 Å². The zero-order chi connectivity index (χ0) is 13.0. The van der Waals surface area contributed by atoms with E-state index < -0.39 is 37.5 Å². The topological polar surface area (TPSA) is 29.1 Å². The highest BCUT2D eigenvalue weighted by atomic mass is 19.3. The number of hydrogen-bond acceptors (Lipinski definition) is 2. The Kier molecular flexibility index (Phi) is 4.71. The highest BCUT2D eigenvalue weighted by molar-refractivity contribution is 5.50. The summed E-state index contributed by atoms with van der Waals surface area (Å²) in [4.78, 5) is 9.59. The van der Waals surface area contributed by atoms with Gasteiger partial charge in [0.25, 0.3) is 0 Å². The summed E-state index contributed by atoms with van der Waals surface area (Å²) in [5.74, 6) is -11.4. The summed E-state index contributed by atoms with van der Waals surface area (Å²) in [5, 5.41) is 0.748. The van der Waals surface area contributed by atoms with Crippen LogP contribution < -0.4 is 5.32 Å². The number of nitrogens with one attached hydrogen (secondary N) is 1. The van der Waals surface area contributed by atoms with Gasteiger partial charge in [-0.25, -0.2) is 4.39 Å². The standard InChI is InChI=1S/C7H7F7NO/c8-4-5(9,10)6(11,12)7(13,14)15-2-1-3-16/h15H,1-2,4H2. The summed E-state index contributed by atoms with van der Waals surface area (Å²) < 4.78 is 86.1. The molecule has 0 spiro atoms. The average Bonchev–Trinajstić information content (AvgIpc) is 2.17. The molecule has 0 rings (SSSR count). The van der Waals surface area contributed by atoms with Gasteiger partial charge < -0.3 is 0 Å². The van der Waals surface area contributed by atoms with Crippen LogP contribution in [0.2, 0.25) is 0 Å². The summed E-state index contributed by atoms with van der Waals surface area (Å²) in [6.45, 7) is -3.90. The molecule has 0 aromatic carbocycles. The molecule has 0 saturated carbocycles. The number of halogens is 7. The minimum Gasteiger partial charge on any atom is -0.291 e. The third kappa shape index (κ3) is 2.83. The van der Waals surface area contributed by atoms with Crippen molar-refractivity contribution in [3.8, 4) is 0 Å². The minimum absolute atomic E-state index is 0.688. The Balaban J connectivity index is 4.76. The fourth-order valence-electron chi connectivity index (χ4n) is 0.695. The van der Waals surface area contributed by atoms with Crippen molar-refractivity contribution in [3.05, 3.63) is 0 Å². The first-order valence-electron chi connectivity index (χ1n) is 3.92. The largest absolute Gasteiger partial charge is 0.388 e. The van der Waals surface area contributed by atoms with E-state index in [4.69, 9.17) is 0 Å². The van der Waals surface area contributed by atoms with Gasteiger partial charge in [-0.3, -0.25) is 10.1 Å². The first-order chi connectivity index (χ1) is 7.12. The summed E-state index contributed by atoms with van der Waals surface area (Å²) in [5.41, 5.74) is 0. The molecule has 0 unspecified atom stereocenters. The zero-order valence-corrected chi connectivity index (χ0v) is 7.68. The van der Waals surface area contributed by atoms with Crippen LogP contribution in [0.15, 0.2) is 0 Å². The van der Waals surface area contributed by atoms with Gasteiger partial charge in [0.1, 0.15) is 0 Å². The maximum atomic E-state index is 12.6. The fraction of sp³-hybridized carbons (Fsp3) is 0.857. The highest BCUT2D eigenvalue weighted by Crippen LogP contribution is 2.44. The molecule has 0 heterocycles. The van der Waals surface area contributed by atoms with E-state index in [9.17, 15) is 35.5 Å². The van der Waals surface area contributed by atoms with Crippen LogP contribution in [0.4, 0.5) is 30.7 Å². The van der Waals surface area contributed by atoms with Crippen LogP contribution in [-0.4, -0.2) is 37.4 Å². The lowest BCUT2D eigenvalue weighted by molar-refractivity contribution is -0.321. The molecule has 9 heteroatoms. The second-order valence-electron chi connectivity index (χ2n) is 2.81. The van der Waals surface area contributed by atoms with E-state index in [2.05, 4.69) is 0 Å². The molecule has 2 nitrogen and oxygen atoms in total. The van der Waals surface area contributed by atoms with Crippen molar-refractivity contribution in [2.24, 2.45) is 0 Å². The predicted molar refractivity (Wildman–Crippen MR) is 39.1 cm³/mol. The molecule has 0 aromatic rings. The average molecular weight is 254 g/mol. The van der Waals surface area contributed by atoms with Gasteiger partial charge in [0.05, 0.1) is 0 Å². The lowest BCUT2D eigenvalue weighted by atomic mass is 10.1. The smallest absolute Gasteiger partial charge is 0.291 e. The molecule has 0 aliphatic heterocycles. The molecule has 95 valence electrons. The normalized spacial score (nSPS) is 13.9. The van der Waals surface area contributed by atoms with Gasteiger partial charge in [0.15, 0.2) is 13.0 Å². The fourth-order valence-corrected chi connectivity index (χ4v) is 0.695. The molecule has 0 atom stereocenters. The molecular weight excluding hydrogens is 247 g/mol. The van der Waals surface area contributed by atoms with E-state index in [1.807, 2.05) is 0 Å². The Bertz CT molecular complexity index is 243. The summed E-state index contributed by atoms with van der Waals surface area (Å²) >= 11 is 0. The molecule has 0 amide bonds. The van der Waals surface area contributed by atoms with E-state index in [0.717, 1.165) is 11.6 Å². The maximum absolute atomic E-state index is 12.6.